The Balaban J connectivity index is 1.90. The lowest BCUT2D eigenvalue weighted by Crippen LogP contribution is -2.35. The van der Waals surface area contributed by atoms with Crippen molar-refractivity contribution in [3.63, 3.8) is 0 Å². The molecule has 1 saturated carbocycles. The summed E-state index contributed by atoms with van der Waals surface area (Å²) in [5, 5.41) is 0. The maximum Gasteiger partial charge on any atom is 0.387 e. The molecule has 2 rings (SSSR count). The molecule has 2 N–H and O–H groups in total. The smallest absolute Gasteiger partial charge is 0.387 e. The number of nitrogens with two attached hydrogens (primary N) is 1. The van der Waals surface area contributed by atoms with Crippen LogP contribution >= 0.6 is 0 Å². The first-order valence-electron chi connectivity index (χ1n) is 5.99. The molecule has 0 amide bonds. The molecule has 19 heavy (non-hydrogen) atoms. The summed E-state index contributed by atoms with van der Waals surface area (Å²) < 4.78 is 28.1. The summed E-state index contributed by atoms with van der Waals surface area (Å²) in [6.45, 7) is -2.52. The van der Waals surface area contributed by atoms with Gasteiger partial charge in [-0.3, -0.25) is 4.98 Å². The highest BCUT2D eigenvalue weighted by Gasteiger charge is 2.27. The minimum atomic E-state index is -2.84. The molecule has 1 heterocycles. The minimum absolute atomic E-state index is 0.0331. The van der Waals surface area contributed by atoms with Crippen LogP contribution in [-0.2, 0) is 6.54 Å². The summed E-state index contributed by atoms with van der Waals surface area (Å²) in [6.07, 6.45) is 3.53. The van der Waals surface area contributed by atoms with Gasteiger partial charge in [0, 0.05) is 13.1 Å². The fourth-order valence-corrected chi connectivity index (χ4v) is 1.60. The van der Waals surface area contributed by atoms with E-state index >= 15 is 0 Å². The van der Waals surface area contributed by atoms with Gasteiger partial charge >= 0.3 is 6.61 Å². The number of halogens is 2. The first-order chi connectivity index (χ1) is 9.06. The van der Waals surface area contributed by atoms with Crippen LogP contribution in [0.3, 0.4) is 0 Å². The molecule has 1 aliphatic rings. The monoisotopic (exact) mass is 270 g/mol. The fourth-order valence-electron chi connectivity index (χ4n) is 1.60. The summed E-state index contributed by atoms with van der Waals surface area (Å²) in [4.78, 5) is 10.1. The molecule has 0 aromatic carbocycles. The Morgan fingerprint density at radius 3 is 2.84 bits per heavy atom. The van der Waals surface area contributed by atoms with Gasteiger partial charge in [-0.25, -0.2) is 4.99 Å². The Morgan fingerprint density at radius 1 is 1.58 bits per heavy atom. The number of aliphatic imine (C=N–C) groups is 1. The van der Waals surface area contributed by atoms with Gasteiger partial charge in [0.1, 0.15) is 5.75 Å². The van der Waals surface area contributed by atoms with Crippen molar-refractivity contribution in [3.8, 4) is 5.75 Å². The molecule has 0 radical (unpaired) electrons. The molecule has 104 valence electrons. The van der Waals surface area contributed by atoms with E-state index in [0.29, 0.717) is 24.2 Å². The van der Waals surface area contributed by atoms with Gasteiger partial charge in [0.15, 0.2) is 5.96 Å². The van der Waals surface area contributed by atoms with Crippen LogP contribution in [0.15, 0.2) is 23.3 Å². The van der Waals surface area contributed by atoms with Crippen LogP contribution in [0, 0.1) is 0 Å². The quantitative estimate of drug-likeness (QED) is 0.652. The first-order valence-corrected chi connectivity index (χ1v) is 5.99. The molecule has 0 atom stereocenters. The van der Waals surface area contributed by atoms with E-state index < -0.39 is 6.61 Å². The van der Waals surface area contributed by atoms with Gasteiger partial charge in [-0.2, -0.15) is 8.78 Å². The second kappa shape index (κ2) is 5.81. The van der Waals surface area contributed by atoms with Crippen LogP contribution in [-0.4, -0.2) is 35.5 Å². The molecule has 0 aliphatic heterocycles. The number of alkyl halides is 2. The number of ether oxygens (including phenoxy) is 1. The molecule has 0 unspecified atom stereocenters. The summed E-state index contributed by atoms with van der Waals surface area (Å²) >= 11 is 0. The molecular weight excluding hydrogens is 254 g/mol. The van der Waals surface area contributed by atoms with Crippen LogP contribution < -0.4 is 10.5 Å². The number of pyridine rings is 1. The molecule has 0 bridgehead atoms. The van der Waals surface area contributed by atoms with Gasteiger partial charge in [0.05, 0.1) is 18.4 Å². The topological polar surface area (TPSA) is 63.7 Å². The lowest BCUT2D eigenvalue weighted by Gasteiger charge is -2.16. The standard InChI is InChI=1S/C12H16F2N4O/c1-18(9-3-4-9)12(15)17-6-8-2-5-10(7-16-8)19-11(13)14/h2,5,7,9,11H,3-4,6H2,1H3,(H2,15,17). The average molecular weight is 270 g/mol. The molecule has 1 aliphatic carbocycles. The highest BCUT2D eigenvalue weighted by Crippen LogP contribution is 2.24. The molecule has 0 spiro atoms. The van der Waals surface area contributed by atoms with E-state index in [2.05, 4.69) is 14.7 Å². The summed E-state index contributed by atoms with van der Waals surface area (Å²) in [6, 6.07) is 3.52. The molecule has 5 nitrogen and oxygen atoms in total. The zero-order chi connectivity index (χ0) is 13.8. The van der Waals surface area contributed by atoms with Gasteiger partial charge in [-0.15, -0.1) is 0 Å². The van der Waals surface area contributed by atoms with Gasteiger partial charge < -0.3 is 15.4 Å². The molecular formula is C12H16F2N4O. The Labute approximate surface area is 110 Å². The van der Waals surface area contributed by atoms with E-state index in [-0.39, 0.29) is 5.75 Å². The molecule has 0 saturated heterocycles. The van der Waals surface area contributed by atoms with Crippen molar-refractivity contribution in [3.05, 3.63) is 24.0 Å². The zero-order valence-corrected chi connectivity index (χ0v) is 10.6. The van der Waals surface area contributed by atoms with E-state index in [1.54, 1.807) is 6.07 Å². The largest absolute Gasteiger partial charge is 0.433 e. The van der Waals surface area contributed by atoms with Crippen LogP contribution in [0.2, 0.25) is 0 Å². The Bertz CT molecular complexity index is 446. The van der Waals surface area contributed by atoms with Gasteiger partial charge in [-0.1, -0.05) is 0 Å². The van der Waals surface area contributed by atoms with Crippen molar-refractivity contribution in [2.75, 3.05) is 7.05 Å². The third-order valence-corrected chi connectivity index (χ3v) is 2.88. The maximum absolute atomic E-state index is 12.0. The maximum atomic E-state index is 12.0. The van der Waals surface area contributed by atoms with Crippen LogP contribution in [0.5, 0.6) is 5.75 Å². The normalized spacial score (nSPS) is 15.7. The fraction of sp³-hybridized carbons (Fsp3) is 0.500. The van der Waals surface area contributed by atoms with Crippen molar-refractivity contribution in [1.82, 2.24) is 9.88 Å². The Morgan fingerprint density at radius 2 is 2.32 bits per heavy atom. The minimum Gasteiger partial charge on any atom is -0.433 e. The third-order valence-electron chi connectivity index (χ3n) is 2.88. The highest BCUT2D eigenvalue weighted by molar-refractivity contribution is 5.78. The van der Waals surface area contributed by atoms with Crippen molar-refractivity contribution >= 4 is 5.96 Å². The van der Waals surface area contributed by atoms with Crippen molar-refractivity contribution in [2.24, 2.45) is 10.7 Å². The Hall–Kier alpha value is -1.92. The third kappa shape index (κ3) is 4.04. The van der Waals surface area contributed by atoms with E-state index in [4.69, 9.17) is 5.73 Å². The lowest BCUT2D eigenvalue weighted by atomic mass is 10.3. The molecule has 7 heteroatoms. The first kappa shape index (κ1) is 13.5. The SMILES string of the molecule is CN(C(N)=NCc1ccc(OC(F)F)cn1)C1CC1. The molecule has 1 fully saturated rings. The van der Waals surface area contributed by atoms with E-state index in [1.807, 2.05) is 11.9 Å². The number of hydrogen-bond acceptors (Lipinski definition) is 3. The summed E-state index contributed by atoms with van der Waals surface area (Å²) in [7, 11) is 1.91. The van der Waals surface area contributed by atoms with Crippen LogP contribution in [0.4, 0.5) is 8.78 Å². The van der Waals surface area contributed by atoms with Gasteiger partial charge in [0.2, 0.25) is 0 Å². The van der Waals surface area contributed by atoms with Gasteiger partial charge in [-0.05, 0) is 25.0 Å². The van der Waals surface area contributed by atoms with Crippen molar-refractivity contribution < 1.29 is 13.5 Å². The van der Waals surface area contributed by atoms with Crippen LogP contribution in [0.1, 0.15) is 18.5 Å². The molecule has 1 aromatic rings. The van der Waals surface area contributed by atoms with Crippen LogP contribution in [0.25, 0.3) is 0 Å². The number of aromatic nitrogens is 1. The van der Waals surface area contributed by atoms with Gasteiger partial charge in [0.25, 0.3) is 0 Å². The second-order valence-corrected chi connectivity index (χ2v) is 4.38. The number of hydrogen-bond donors (Lipinski definition) is 1. The van der Waals surface area contributed by atoms with E-state index in [1.165, 1.54) is 12.3 Å². The zero-order valence-electron chi connectivity index (χ0n) is 10.6. The number of nitrogens with zero attached hydrogens (tertiary/aromatic N) is 3. The van der Waals surface area contributed by atoms with E-state index in [9.17, 15) is 8.78 Å². The predicted molar refractivity (Wildman–Crippen MR) is 67.0 cm³/mol. The number of guanidine groups is 1. The molecule has 1 aromatic heterocycles. The second-order valence-electron chi connectivity index (χ2n) is 4.38. The summed E-state index contributed by atoms with van der Waals surface area (Å²) in [5.41, 5.74) is 6.47. The number of rotatable bonds is 5. The van der Waals surface area contributed by atoms with Crippen molar-refractivity contribution in [2.45, 2.75) is 32.0 Å². The lowest BCUT2D eigenvalue weighted by molar-refractivity contribution is -0.0500. The van der Waals surface area contributed by atoms with Crippen molar-refractivity contribution in [1.29, 1.82) is 0 Å². The highest BCUT2D eigenvalue weighted by atomic mass is 19.3. The predicted octanol–water partition coefficient (Wildman–Crippen LogP) is 1.59. The Kier molecular flexibility index (Phi) is 4.13. The van der Waals surface area contributed by atoms with E-state index in [0.717, 1.165) is 12.8 Å². The summed E-state index contributed by atoms with van der Waals surface area (Å²) in [5.74, 6) is 0.503. The average Bonchev–Trinajstić information content (AvgIpc) is 3.20.